The smallest absolute Gasteiger partial charge is 0.407 e. The molecule has 132 valence electrons. The minimum Gasteiger partial charge on any atom is -0.492 e. The predicted molar refractivity (Wildman–Crippen MR) is 94.0 cm³/mol. The second kappa shape index (κ2) is 10.6. The minimum absolute atomic E-state index is 0.211. The molecule has 0 radical (unpaired) electrons. The van der Waals surface area contributed by atoms with Crippen molar-refractivity contribution in [2.45, 2.75) is 45.6 Å². The average Bonchev–Trinajstić information content (AvgIpc) is 2.50. The number of rotatable bonds is 7. The fourth-order valence-corrected chi connectivity index (χ4v) is 1.79. The van der Waals surface area contributed by atoms with Gasteiger partial charge in [-0.05, 0) is 51.8 Å². The second-order valence-electron chi connectivity index (χ2n) is 6.29. The molecule has 1 aromatic carbocycles. The molecule has 0 fully saturated rings. The molecule has 5 nitrogen and oxygen atoms in total. The van der Waals surface area contributed by atoms with Gasteiger partial charge in [0.15, 0.2) is 0 Å². The molecule has 1 rings (SSSR count). The third kappa shape index (κ3) is 9.75. The maximum absolute atomic E-state index is 11.5. The normalized spacial score (nSPS) is 10.5. The van der Waals surface area contributed by atoms with Gasteiger partial charge in [0.2, 0.25) is 0 Å². The summed E-state index contributed by atoms with van der Waals surface area (Å²) < 4.78 is 10.7. The van der Waals surface area contributed by atoms with Crippen LogP contribution in [0.1, 0.15) is 45.6 Å². The van der Waals surface area contributed by atoms with E-state index in [-0.39, 0.29) is 6.61 Å². The number of aliphatic hydroxyl groups is 1. The molecule has 0 saturated carbocycles. The zero-order chi connectivity index (χ0) is 17.8. The molecule has 5 heteroatoms. The predicted octanol–water partition coefficient (Wildman–Crippen LogP) is 3.10. The van der Waals surface area contributed by atoms with E-state index in [1.807, 2.05) is 45.0 Å². The summed E-state index contributed by atoms with van der Waals surface area (Å²) in [7, 11) is 0. The van der Waals surface area contributed by atoms with E-state index in [4.69, 9.17) is 14.6 Å². The van der Waals surface area contributed by atoms with Gasteiger partial charge >= 0.3 is 6.09 Å². The van der Waals surface area contributed by atoms with Crippen LogP contribution < -0.4 is 10.1 Å². The molecular formula is C19H27NO4. The highest BCUT2D eigenvalue weighted by Crippen LogP contribution is 2.12. The molecule has 0 saturated heterocycles. The lowest BCUT2D eigenvalue weighted by molar-refractivity contribution is 0.0520. The van der Waals surface area contributed by atoms with Gasteiger partial charge in [0, 0.05) is 18.6 Å². The van der Waals surface area contributed by atoms with Crippen molar-refractivity contribution in [1.29, 1.82) is 0 Å². The van der Waals surface area contributed by atoms with E-state index in [2.05, 4.69) is 17.2 Å². The monoisotopic (exact) mass is 333 g/mol. The molecule has 0 aliphatic rings. The van der Waals surface area contributed by atoms with E-state index < -0.39 is 11.7 Å². The Labute approximate surface area is 144 Å². The van der Waals surface area contributed by atoms with E-state index in [0.29, 0.717) is 18.9 Å². The standard InChI is InChI=1S/C19H27NO4/c1-19(2,3)24-18(22)20-12-14-23-17-11-8-10-16(15-17)9-6-4-5-7-13-21/h8,10-11,15,21H,4-5,7,12-14H2,1-3H3,(H,20,22). The lowest BCUT2D eigenvalue weighted by atomic mass is 10.2. The summed E-state index contributed by atoms with van der Waals surface area (Å²) in [5.74, 6) is 6.87. The SMILES string of the molecule is CC(C)(C)OC(=O)NCCOc1cccc(C#CCCCCO)c1. The molecule has 0 atom stereocenters. The van der Waals surface area contributed by atoms with Crippen molar-refractivity contribution in [3.63, 3.8) is 0 Å². The Balaban J connectivity index is 2.33. The summed E-state index contributed by atoms with van der Waals surface area (Å²) in [4.78, 5) is 11.5. The molecule has 1 amide bonds. The molecule has 2 N–H and O–H groups in total. The molecule has 0 heterocycles. The fourth-order valence-electron chi connectivity index (χ4n) is 1.79. The first kappa shape index (κ1) is 19.9. The first-order chi connectivity index (χ1) is 11.4. The van der Waals surface area contributed by atoms with Crippen LogP contribution in [0.4, 0.5) is 4.79 Å². The number of carbonyl (C=O) groups is 1. The van der Waals surface area contributed by atoms with Crippen LogP contribution in [0, 0.1) is 11.8 Å². The van der Waals surface area contributed by atoms with Gasteiger partial charge in [-0.1, -0.05) is 17.9 Å². The van der Waals surface area contributed by atoms with Gasteiger partial charge in [0.05, 0.1) is 6.54 Å². The molecule has 0 unspecified atom stereocenters. The van der Waals surface area contributed by atoms with Crippen LogP contribution >= 0.6 is 0 Å². The maximum atomic E-state index is 11.5. The number of benzene rings is 1. The molecule has 0 aliphatic heterocycles. The quantitative estimate of drug-likeness (QED) is 0.594. The first-order valence-corrected chi connectivity index (χ1v) is 8.20. The number of carbonyl (C=O) groups excluding carboxylic acids is 1. The lowest BCUT2D eigenvalue weighted by Crippen LogP contribution is -2.34. The van der Waals surface area contributed by atoms with Crippen molar-refractivity contribution >= 4 is 6.09 Å². The summed E-state index contributed by atoms with van der Waals surface area (Å²) >= 11 is 0. The Bertz CT molecular complexity index is 567. The van der Waals surface area contributed by atoms with Crippen LogP contribution in [0.25, 0.3) is 0 Å². The van der Waals surface area contributed by atoms with Crippen LogP contribution in [0.5, 0.6) is 5.75 Å². The summed E-state index contributed by atoms with van der Waals surface area (Å²) in [5, 5.41) is 11.4. The summed E-state index contributed by atoms with van der Waals surface area (Å²) in [6.45, 7) is 6.39. The van der Waals surface area contributed by atoms with E-state index >= 15 is 0 Å². The summed E-state index contributed by atoms with van der Waals surface area (Å²) in [6, 6.07) is 7.52. The van der Waals surface area contributed by atoms with E-state index in [1.54, 1.807) is 0 Å². The maximum Gasteiger partial charge on any atom is 0.407 e. The van der Waals surface area contributed by atoms with Crippen LogP contribution in [-0.4, -0.2) is 36.6 Å². The molecular weight excluding hydrogens is 306 g/mol. The Morgan fingerprint density at radius 2 is 2.08 bits per heavy atom. The Morgan fingerprint density at radius 3 is 2.79 bits per heavy atom. The van der Waals surface area contributed by atoms with Gasteiger partial charge in [-0.3, -0.25) is 0 Å². The van der Waals surface area contributed by atoms with Crippen molar-refractivity contribution in [3.05, 3.63) is 29.8 Å². The Morgan fingerprint density at radius 1 is 1.29 bits per heavy atom. The van der Waals surface area contributed by atoms with Crippen molar-refractivity contribution in [2.75, 3.05) is 19.8 Å². The minimum atomic E-state index is -0.505. The highest BCUT2D eigenvalue weighted by Gasteiger charge is 2.15. The molecule has 0 bridgehead atoms. The van der Waals surface area contributed by atoms with Gasteiger partial charge in [-0.15, -0.1) is 0 Å². The van der Waals surface area contributed by atoms with Crippen molar-refractivity contribution in [1.82, 2.24) is 5.32 Å². The number of ether oxygens (including phenoxy) is 2. The average molecular weight is 333 g/mol. The highest BCUT2D eigenvalue weighted by molar-refractivity contribution is 5.67. The fraction of sp³-hybridized carbons (Fsp3) is 0.526. The van der Waals surface area contributed by atoms with E-state index in [1.165, 1.54) is 0 Å². The molecule has 0 aromatic heterocycles. The van der Waals surface area contributed by atoms with Crippen LogP contribution in [0.3, 0.4) is 0 Å². The number of hydrogen-bond donors (Lipinski definition) is 2. The number of amides is 1. The van der Waals surface area contributed by atoms with Crippen LogP contribution in [0.15, 0.2) is 24.3 Å². The third-order valence-corrected chi connectivity index (χ3v) is 2.82. The number of alkyl carbamates (subject to hydrolysis) is 1. The van der Waals surface area contributed by atoms with E-state index in [9.17, 15) is 4.79 Å². The van der Waals surface area contributed by atoms with Crippen LogP contribution in [-0.2, 0) is 4.74 Å². The highest BCUT2D eigenvalue weighted by atomic mass is 16.6. The molecule has 24 heavy (non-hydrogen) atoms. The van der Waals surface area contributed by atoms with Gasteiger partial charge in [-0.2, -0.15) is 0 Å². The van der Waals surface area contributed by atoms with Gasteiger partial charge < -0.3 is 19.9 Å². The zero-order valence-electron chi connectivity index (χ0n) is 14.7. The van der Waals surface area contributed by atoms with Crippen molar-refractivity contribution in [2.24, 2.45) is 0 Å². The molecule has 0 spiro atoms. The topological polar surface area (TPSA) is 67.8 Å². The number of unbranched alkanes of at least 4 members (excludes halogenated alkanes) is 2. The molecule has 0 aliphatic carbocycles. The summed E-state index contributed by atoms with van der Waals surface area (Å²) in [6.07, 6.45) is 2.00. The number of aliphatic hydroxyl groups excluding tert-OH is 1. The molecule has 1 aromatic rings. The number of hydrogen-bond acceptors (Lipinski definition) is 4. The lowest BCUT2D eigenvalue weighted by Gasteiger charge is -2.19. The largest absolute Gasteiger partial charge is 0.492 e. The van der Waals surface area contributed by atoms with Gasteiger partial charge in [0.25, 0.3) is 0 Å². The summed E-state index contributed by atoms with van der Waals surface area (Å²) in [5.41, 5.74) is 0.381. The second-order valence-corrected chi connectivity index (χ2v) is 6.29. The van der Waals surface area contributed by atoms with E-state index in [0.717, 1.165) is 24.8 Å². The van der Waals surface area contributed by atoms with Gasteiger partial charge in [0.1, 0.15) is 18.0 Å². The third-order valence-electron chi connectivity index (χ3n) is 2.82. The van der Waals surface area contributed by atoms with Gasteiger partial charge in [-0.25, -0.2) is 4.79 Å². The number of nitrogens with one attached hydrogen (secondary N) is 1. The van der Waals surface area contributed by atoms with Crippen LogP contribution in [0.2, 0.25) is 0 Å². The Kier molecular flexibility index (Phi) is 8.74. The first-order valence-electron chi connectivity index (χ1n) is 8.20. The van der Waals surface area contributed by atoms with Crippen molar-refractivity contribution < 1.29 is 19.4 Å². The zero-order valence-corrected chi connectivity index (χ0v) is 14.7. The Hall–Kier alpha value is -2.19. The van der Waals surface area contributed by atoms with Crippen molar-refractivity contribution in [3.8, 4) is 17.6 Å².